The van der Waals surface area contributed by atoms with E-state index in [0.29, 0.717) is 0 Å². The van der Waals surface area contributed by atoms with E-state index in [-0.39, 0.29) is 16.1 Å². The highest BCUT2D eigenvalue weighted by Gasteiger charge is 2.32. The summed E-state index contributed by atoms with van der Waals surface area (Å²) >= 11 is 5.57. The Balaban J connectivity index is 2.56. The molecule has 20 heavy (non-hydrogen) atoms. The Labute approximate surface area is 116 Å². The molecule has 1 N–H and O–H groups in total. The number of para-hydroxylation sites is 1. The van der Waals surface area contributed by atoms with Gasteiger partial charge in [-0.15, -0.1) is 13.2 Å². The predicted octanol–water partition coefficient (Wildman–Crippen LogP) is 4.75. The standard InChI is InChI=1S/C13H7ClF4O2/c14-9-5-8(11(19)6-10(9)15)7-3-1-2-4-12(7)20-13(16,17)18/h1-6,19H. The van der Waals surface area contributed by atoms with Crippen LogP contribution in [0.15, 0.2) is 36.4 Å². The molecule has 2 aromatic carbocycles. The van der Waals surface area contributed by atoms with Crippen LogP contribution < -0.4 is 4.74 Å². The van der Waals surface area contributed by atoms with Crippen molar-refractivity contribution in [2.75, 3.05) is 0 Å². The Bertz CT molecular complexity index is 641. The van der Waals surface area contributed by atoms with Gasteiger partial charge in [-0.25, -0.2) is 4.39 Å². The molecule has 0 spiro atoms. The maximum atomic E-state index is 13.1. The van der Waals surface area contributed by atoms with Gasteiger partial charge in [-0.1, -0.05) is 29.8 Å². The topological polar surface area (TPSA) is 29.5 Å². The van der Waals surface area contributed by atoms with Crippen molar-refractivity contribution in [2.24, 2.45) is 0 Å². The van der Waals surface area contributed by atoms with Crippen LogP contribution in [0.25, 0.3) is 11.1 Å². The molecule has 0 heterocycles. The molecule has 2 aromatic rings. The molecule has 0 unspecified atom stereocenters. The maximum absolute atomic E-state index is 13.1. The molecule has 0 aliphatic heterocycles. The smallest absolute Gasteiger partial charge is 0.507 e. The van der Waals surface area contributed by atoms with Crippen molar-refractivity contribution >= 4 is 11.6 Å². The average molecular weight is 307 g/mol. The second kappa shape index (κ2) is 5.20. The van der Waals surface area contributed by atoms with E-state index in [1.807, 2.05) is 0 Å². The minimum absolute atomic E-state index is 0.0516. The van der Waals surface area contributed by atoms with E-state index in [1.54, 1.807) is 0 Å². The van der Waals surface area contributed by atoms with Crippen molar-refractivity contribution in [3.05, 3.63) is 47.2 Å². The number of alkyl halides is 3. The summed E-state index contributed by atoms with van der Waals surface area (Å²) in [6.45, 7) is 0. The van der Waals surface area contributed by atoms with Crippen LogP contribution >= 0.6 is 11.6 Å². The van der Waals surface area contributed by atoms with Crippen molar-refractivity contribution in [1.29, 1.82) is 0 Å². The third-order valence-electron chi connectivity index (χ3n) is 2.44. The summed E-state index contributed by atoms with van der Waals surface area (Å²) < 4.78 is 53.9. The second-order valence-corrected chi connectivity index (χ2v) is 4.23. The van der Waals surface area contributed by atoms with Gasteiger partial charge in [0.25, 0.3) is 0 Å². The van der Waals surface area contributed by atoms with Crippen LogP contribution in [0.3, 0.4) is 0 Å². The van der Waals surface area contributed by atoms with Gasteiger partial charge in [0, 0.05) is 17.2 Å². The monoisotopic (exact) mass is 306 g/mol. The lowest BCUT2D eigenvalue weighted by Crippen LogP contribution is -2.17. The molecular weight excluding hydrogens is 300 g/mol. The van der Waals surface area contributed by atoms with Gasteiger partial charge in [-0.05, 0) is 12.1 Å². The summed E-state index contributed by atoms with van der Waals surface area (Å²) in [7, 11) is 0. The zero-order valence-electron chi connectivity index (χ0n) is 9.71. The molecule has 2 rings (SSSR count). The fourth-order valence-electron chi connectivity index (χ4n) is 1.65. The summed E-state index contributed by atoms with van der Waals surface area (Å²) in [5.41, 5.74) is -0.111. The van der Waals surface area contributed by atoms with E-state index in [9.17, 15) is 22.7 Å². The molecule has 0 aromatic heterocycles. The minimum Gasteiger partial charge on any atom is -0.507 e. The molecule has 0 aliphatic carbocycles. The molecule has 0 saturated heterocycles. The Hall–Kier alpha value is -1.95. The van der Waals surface area contributed by atoms with E-state index in [1.165, 1.54) is 18.2 Å². The number of hydrogen-bond donors (Lipinski definition) is 1. The molecule has 0 aliphatic rings. The second-order valence-electron chi connectivity index (χ2n) is 3.83. The molecule has 0 atom stereocenters. The van der Waals surface area contributed by atoms with E-state index < -0.39 is 23.7 Å². The highest BCUT2D eigenvalue weighted by molar-refractivity contribution is 6.31. The van der Waals surface area contributed by atoms with Crippen LogP contribution in [0.2, 0.25) is 5.02 Å². The zero-order valence-corrected chi connectivity index (χ0v) is 10.5. The van der Waals surface area contributed by atoms with Crippen molar-refractivity contribution in [2.45, 2.75) is 6.36 Å². The Morgan fingerprint density at radius 3 is 2.35 bits per heavy atom. The van der Waals surface area contributed by atoms with Gasteiger partial charge in [0.15, 0.2) is 0 Å². The molecule has 2 nitrogen and oxygen atoms in total. The molecule has 7 heteroatoms. The predicted molar refractivity (Wildman–Crippen MR) is 65.2 cm³/mol. The molecule has 0 bridgehead atoms. The number of benzene rings is 2. The Morgan fingerprint density at radius 2 is 1.70 bits per heavy atom. The molecule has 0 amide bonds. The van der Waals surface area contributed by atoms with E-state index >= 15 is 0 Å². The zero-order chi connectivity index (χ0) is 14.9. The van der Waals surface area contributed by atoms with Crippen molar-refractivity contribution in [3.8, 4) is 22.6 Å². The molecule has 0 radical (unpaired) electrons. The first-order chi connectivity index (χ1) is 9.28. The largest absolute Gasteiger partial charge is 0.573 e. The van der Waals surface area contributed by atoms with Crippen molar-refractivity contribution in [1.82, 2.24) is 0 Å². The third kappa shape index (κ3) is 3.14. The number of halogens is 5. The fourth-order valence-corrected chi connectivity index (χ4v) is 1.82. The summed E-state index contributed by atoms with van der Waals surface area (Å²) in [6, 6.07) is 6.93. The van der Waals surface area contributed by atoms with Gasteiger partial charge in [0.1, 0.15) is 17.3 Å². The summed E-state index contributed by atoms with van der Waals surface area (Å²) in [5, 5.41) is 9.34. The normalized spacial score (nSPS) is 11.4. The quantitative estimate of drug-likeness (QED) is 0.811. The van der Waals surface area contributed by atoms with Gasteiger partial charge in [0.2, 0.25) is 0 Å². The number of ether oxygens (including phenoxy) is 1. The highest BCUT2D eigenvalue weighted by Crippen LogP contribution is 2.39. The van der Waals surface area contributed by atoms with Crippen LogP contribution in [0.1, 0.15) is 0 Å². The summed E-state index contributed by atoms with van der Waals surface area (Å²) in [4.78, 5) is 0. The first-order valence-corrected chi connectivity index (χ1v) is 5.69. The van der Waals surface area contributed by atoms with Crippen molar-refractivity contribution in [3.63, 3.8) is 0 Å². The fraction of sp³-hybridized carbons (Fsp3) is 0.0769. The van der Waals surface area contributed by atoms with Crippen molar-refractivity contribution < 1.29 is 27.4 Å². The van der Waals surface area contributed by atoms with E-state index in [0.717, 1.165) is 18.2 Å². The number of hydrogen-bond acceptors (Lipinski definition) is 2. The molecule has 0 saturated carbocycles. The Kier molecular flexibility index (Phi) is 3.76. The third-order valence-corrected chi connectivity index (χ3v) is 2.73. The number of rotatable bonds is 2. The maximum Gasteiger partial charge on any atom is 0.573 e. The number of aromatic hydroxyl groups is 1. The summed E-state index contributed by atoms with van der Waals surface area (Å²) in [6.07, 6.45) is -4.88. The van der Waals surface area contributed by atoms with Gasteiger partial charge in [-0.3, -0.25) is 0 Å². The lowest BCUT2D eigenvalue weighted by molar-refractivity contribution is -0.274. The first-order valence-electron chi connectivity index (χ1n) is 5.31. The van der Waals surface area contributed by atoms with Crippen LogP contribution in [-0.2, 0) is 0 Å². The van der Waals surface area contributed by atoms with Crippen LogP contribution in [0.5, 0.6) is 11.5 Å². The molecular formula is C13H7ClF4O2. The highest BCUT2D eigenvalue weighted by atomic mass is 35.5. The van der Waals surface area contributed by atoms with Crippen LogP contribution in [0.4, 0.5) is 17.6 Å². The molecule has 0 fully saturated rings. The summed E-state index contributed by atoms with van der Waals surface area (Å²) in [5.74, 6) is -1.93. The Morgan fingerprint density at radius 1 is 1.05 bits per heavy atom. The lowest BCUT2D eigenvalue weighted by atomic mass is 10.0. The van der Waals surface area contributed by atoms with Gasteiger partial charge in [-0.2, -0.15) is 0 Å². The first kappa shape index (κ1) is 14.5. The van der Waals surface area contributed by atoms with Gasteiger partial charge < -0.3 is 9.84 Å². The number of phenols is 1. The van der Waals surface area contributed by atoms with E-state index in [4.69, 9.17) is 11.6 Å². The minimum atomic E-state index is -4.88. The van der Waals surface area contributed by atoms with Crippen LogP contribution in [-0.4, -0.2) is 11.5 Å². The molecule has 106 valence electrons. The van der Waals surface area contributed by atoms with E-state index in [2.05, 4.69) is 4.74 Å². The lowest BCUT2D eigenvalue weighted by Gasteiger charge is -2.14. The number of phenolic OH excluding ortho intramolecular Hbond substituents is 1. The van der Waals surface area contributed by atoms with Gasteiger partial charge >= 0.3 is 6.36 Å². The van der Waals surface area contributed by atoms with Gasteiger partial charge in [0.05, 0.1) is 5.02 Å². The van der Waals surface area contributed by atoms with Crippen LogP contribution in [0, 0.1) is 5.82 Å². The average Bonchev–Trinajstić information content (AvgIpc) is 2.33. The SMILES string of the molecule is Oc1cc(F)c(Cl)cc1-c1ccccc1OC(F)(F)F.